The molecule has 1 rings (SSSR count). The van der Waals surface area contributed by atoms with Crippen LogP contribution in [0, 0.1) is 0 Å². The summed E-state index contributed by atoms with van der Waals surface area (Å²) in [5.41, 5.74) is 1.06. The Labute approximate surface area is 129 Å². The molecular formula is C17H20O5. The van der Waals surface area contributed by atoms with Crippen LogP contribution in [0.15, 0.2) is 36.4 Å². The molecule has 0 radical (unpaired) electrons. The Morgan fingerprint density at radius 3 is 2.27 bits per heavy atom. The number of ether oxygens (including phenoxy) is 2. The van der Waals surface area contributed by atoms with E-state index in [1.807, 2.05) is 0 Å². The largest absolute Gasteiger partial charge is 0.508 e. The van der Waals surface area contributed by atoms with Crippen molar-refractivity contribution in [2.75, 3.05) is 13.2 Å². The van der Waals surface area contributed by atoms with Gasteiger partial charge in [-0.2, -0.15) is 0 Å². The van der Waals surface area contributed by atoms with Gasteiger partial charge in [-0.25, -0.2) is 9.59 Å². The van der Waals surface area contributed by atoms with Gasteiger partial charge in [0.2, 0.25) is 0 Å². The van der Waals surface area contributed by atoms with E-state index in [4.69, 9.17) is 9.47 Å². The molecule has 0 saturated carbocycles. The molecule has 0 heterocycles. The van der Waals surface area contributed by atoms with Gasteiger partial charge in [-0.1, -0.05) is 12.1 Å². The van der Waals surface area contributed by atoms with Crippen molar-refractivity contribution in [2.24, 2.45) is 0 Å². The fourth-order valence-corrected chi connectivity index (χ4v) is 1.80. The first-order valence-electron chi connectivity index (χ1n) is 7.02. The number of carbonyl (C=O) groups excluding carboxylic acids is 2. The maximum absolute atomic E-state index is 11.9. The summed E-state index contributed by atoms with van der Waals surface area (Å²) in [5.74, 6) is -1.34. The van der Waals surface area contributed by atoms with Gasteiger partial charge in [0.1, 0.15) is 11.3 Å². The summed E-state index contributed by atoms with van der Waals surface area (Å²) in [6, 6.07) is 4.77. The van der Waals surface area contributed by atoms with Gasteiger partial charge in [-0.05, 0) is 49.6 Å². The Morgan fingerprint density at radius 1 is 1.18 bits per heavy atom. The number of allylic oxidation sites excluding steroid dienone is 1. The molecule has 5 heteroatoms. The third kappa shape index (κ3) is 4.77. The van der Waals surface area contributed by atoms with Crippen LogP contribution in [0.5, 0.6) is 5.75 Å². The lowest BCUT2D eigenvalue weighted by atomic mass is 10.0. The third-order valence-corrected chi connectivity index (χ3v) is 2.77. The fraction of sp³-hybridized carbons (Fsp3) is 0.294. The highest BCUT2D eigenvalue weighted by molar-refractivity contribution is 6.17. The average molecular weight is 304 g/mol. The summed E-state index contributed by atoms with van der Waals surface area (Å²) < 4.78 is 9.74. The molecule has 1 N–H and O–H groups in total. The highest BCUT2D eigenvalue weighted by Crippen LogP contribution is 2.21. The second-order valence-electron chi connectivity index (χ2n) is 4.38. The van der Waals surface area contributed by atoms with Crippen molar-refractivity contribution in [1.82, 2.24) is 0 Å². The minimum absolute atomic E-state index is 0.130. The van der Waals surface area contributed by atoms with E-state index in [0.717, 1.165) is 0 Å². The number of carbonyl (C=O) groups is 2. The normalized spacial score (nSPS) is 9.73. The first kappa shape index (κ1) is 17.5. The number of benzene rings is 1. The van der Waals surface area contributed by atoms with Gasteiger partial charge in [0.05, 0.1) is 13.2 Å². The minimum Gasteiger partial charge on any atom is -0.508 e. The van der Waals surface area contributed by atoms with Crippen LogP contribution in [0.3, 0.4) is 0 Å². The van der Waals surface area contributed by atoms with Crippen LogP contribution in [0.25, 0.3) is 6.08 Å². The van der Waals surface area contributed by atoms with E-state index in [1.165, 1.54) is 12.1 Å². The highest BCUT2D eigenvalue weighted by Gasteiger charge is 2.21. The van der Waals surface area contributed by atoms with Crippen LogP contribution < -0.4 is 0 Å². The summed E-state index contributed by atoms with van der Waals surface area (Å²) >= 11 is 0. The molecule has 22 heavy (non-hydrogen) atoms. The molecule has 0 fully saturated rings. The Balaban J connectivity index is 3.20. The first-order chi connectivity index (χ1) is 10.5. The third-order valence-electron chi connectivity index (χ3n) is 2.77. The lowest BCUT2D eigenvalue weighted by Gasteiger charge is -2.08. The van der Waals surface area contributed by atoms with Crippen LogP contribution in [-0.2, 0) is 25.5 Å². The predicted molar refractivity (Wildman–Crippen MR) is 83.3 cm³/mol. The number of rotatable bonds is 7. The maximum atomic E-state index is 11.9. The molecule has 1 aromatic rings. The number of hydrogen-bond donors (Lipinski definition) is 1. The van der Waals surface area contributed by atoms with E-state index in [-0.39, 0.29) is 24.5 Å². The standard InChI is InChI=1S/C17H20O5/c1-4-7-13-10-12(8-9-15(13)18)11-14(16(19)21-5-2)17(20)22-6-3/h4,8-11,18H,1,5-7H2,2-3H3. The Morgan fingerprint density at radius 2 is 1.77 bits per heavy atom. The molecule has 0 saturated heterocycles. The molecule has 0 aliphatic carbocycles. The van der Waals surface area contributed by atoms with Gasteiger partial charge in [0.25, 0.3) is 0 Å². The van der Waals surface area contributed by atoms with Crippen molar-refractivity contribution in [3.63, 3.8) is 0 Å². The zero-order valence-corrected chi connectivity index (χ0v) is 12.8. The average Bonchev–Trinajstić information content (AvgIpc) is 2.48. The Bertz CT molecular complexity index is 567. The van der Waals surface area contributed by atoms with E-state index in [2.05, 4.69) is 6.58 Å². The van der Waals surface area contributed by atoms with Gasteiger partial charge in [0, 0.05) is 0 Å². The summed E-state index contributed by atoms with van der Waals surface area (Å²) in [5, 5.41) is 9.74. The van der Waals surface area contributed by atoms with Crippen LogP contribution in [0.1, 0.15) is 25.0 Å². The highest BCUT2D eigenvalue weighted by atomic mass is 16.6. The van der Waals surface area contributed by atoms with Crippen LogP contribution in [0.2, 0.25) is 0 Å². The molecule has 5 nitrogen and oxygen atoms in total. The molecule has 0 aliphatic heterocycles. The quantitative estimate of drug-likeness (QED) is 0.276. The van der Waals surface area contributed by atoms with Gasteiger partial charge >= 0.3 is 11.9 Å². The summed E-state index contributed by atoms with van der Waals surface area (Å²) in [6.45, 7) is 7.25. The summed E-state index contributed by atoms with van der Waals surface area (Å²) in [7, 11) is 0. The molecule has 0 aromatic heterocycles. The number of phenols is 1. The van der Waals surface area contributed by atoms with Gasteiger partial charge in [0.15, 0.2) is 0 Å². The molecule has 0 amide bonds. The van der Waals surface area contributed by atoms with Crippen molar-refractivity contribution in [3.8, 4) is 5.75 Å². The Kier molecular flexibility index (Phi) is 6.89. The number of esters is 2. The van der Waals surface area contributed by atoms with Crippen molar-refractivity contribution in [2.45, 2.75) is 20.3 Å². The number of hydrogen-bond acceptors (Lipinski definition) is 5. The van der Waals surface area contributed by atoms with E-state index in [1.54, 1.807) is 32.1 Å². The van der Waals surface area contributed by atoms with Crippen LogP contribution >= 0.6 is 0 Å². The first-order valence-corrected chi connectivity index (χ1v) is 7.02. The minimum atomic E-state index is -0.737. The predicted octanol–water partition coefficient (Wildman–Crippen LogP) is 2.63. The lowest BCUT2D eigenvalue weighted by Crippen LogP contribution is -2.18. The zero-order chi connectivity index (χ0) is 16.5. The molecule has 1 aromatic carbocycles. The van der Waals surface area contributed by atoms with Crippen molar-refractivity contribution in [1.29, 1.82) is 0 Å². The molecule has 0 atom stereocenters. The maximum Gasteiger partial charge on any atom is 0.345 e. The molecule has 0 spiro atoms. The monoisotopic (exact) mass is 304 g/mol. The zero-order valence-electron chi connectivity index (χ0n) is 12.8. The fourth-order valence-electron chi connectivity index (χ4n) is 1.80. The summed E-state index contributed by atoms with van der Waals surface area (Å²) in [4.78, 5) is 23.8. The lowest BCUT2D eigenvalue weighted by molar-refractivity contribution is -0.146. The molecule has 0 unspecified atom stereocenters. The second-order valence-corrected chi connectivity index (χ2v) is 4.38. The van der Waals surface area contributed by atoms with Gasteiger partial charge < -0.3 is 14.6 Å². The SMILES string of the molecule is C=CCc1cc(C=C(C(=O)OCC)C(=O)OCC)ccc1O. The Hall–Kier alpha value is -2.56. The van der Waals surface area contributed by atoms with E-state index >= 15 is 0 Å². The number of phenolic OH excluding ortho intramolecular Hbond substituents is 1. The number of aromatic hydroxyl groups is 1. The molecule has 0 bridgehead atoms. The van der Waals surface area contributed by atoms with E-state index in [0.29, 0.717) is 17.5 Å². The molecular weight excluding hydrogens is 284 g/mol. The van der Waals surface area contributed by atoms with Crippen molar-refractivity contribution >= 4 is 18.0 Å². The molecule has 118 valence electrons. The van der Waals surface area contributed by atoms with Crippen molar-refractivity contribution < 1.29 is 24.2 Å². The van der Waals surface area contributed by atoms with Gasteiger partial charge in [-0.3, -0.25) is 0 Å². The summed E-state index contributed by atoms with van der Waals surface area (Å²) in [6.07, 6.45) is 3.52. The van der Waals surface area contributed by atoms with E-state index < -0.39 is 11.9 Å². The van der Waals surface area contributed by atoms with Crippen LogP contribution in [0.4, 0.5) is 0 Å². The smallest absolute Gasteiger partial charge is 0.345 e. The van der Waals surface area contributed by atoms with Crippen molar-refractivity contribution in [3.05, 3.63) is 47.6 Å². The van der Waals surface area contributed by atoms with Crippen LogP contribution in [-0.4, -0.2) is 30.3 Å². The van der Waals surface area contributed by atoms with Gasteiger partial charge in [-0.15, -0.1) is 6.58 Å². The van der Waals surface area contributed by atoms with E-state index in [9.17, 15) is 14.7 Å². The topological polar surface area (TPSA) is 72.8 Å². The second kappa shape index (κ2) is 8.67. The molecule has 0 aliphatic rings.